The van der Waals surface area contributed by atoms with Crippen molar-refractivity contribution >= 4 is 29.1 Å². The summed E-state index contributed by atoms with van der Waals surface area (Å²) in [6.07, 6.45) is 6.56. The third-order valence-corrected chi connectivity index (χ3v) is 7.80. The first-order valence-electron chi connectivity index (χ1n) is 11.7. The molecule has 3 heterocycles. The molecule has 2 aliphatic heterocycles. The van der Waals surface area contributed by atoms with Gasteiger partial charge in [0.15, 0.2) is 10.9 Å². The van der Waals surface area contributed by atoms with Crippen molar-refractivity contribution in [3.05, 3.63) is 59.5 Å². The monoisotopic (exact) mass is 466 g/mol. The highest BCUT2D eigenvalue weighted by atomic mass is 32.1. The Morgan fingerprint density at radius 2 is 1.67 bits per heavy atom. The molecule has 0 radical (unpaired) electrons. The van der Waals surface area contributed by atoms with Crippen LogP contribution in [0.1, 0.15) is 40.9 Å². The van der Waals surface area contributed by atoms with Gasteiger partial charge < -0.3 is 24.9 Å². The van der Waals surface area contributed by atoms with Crippen LogP contribution in [0.3, 0.4) is 0 Å². The summed E-state index contributed by atoms with van der Waals surface area (Å²) in [5, 5.41) is 7.11. The predicted octanol–water partition coefficient (Wildman–Crippen LogP) is 2.37. The summed E-state index contributed by atoms with van der Waals surface area (Å²) < 4.78 is 5.07. The van der Waals surface area contributed by atoms with Crippen molar-refractivity contribution in [2.75, 3.05) is 32.7 Å². The summed E-state index contributed by atoms with van der Waals surface area (Å²) in [5.41, 5.74) is 3.07. The number of piperidine rings is 1. The minimum Gasteiger partial charge on any atom is -0.459 e. The van der Waals surface area contributed by atoms with Crippen LogP contribution in [-0.2, 0) is 17.6 Å². The largest absolute Gasteiger partial charge is 0.459 e. The third kappa shape index (κ3) is 4.76. The van der Waals surface area contributed by atoms with E-state index in [1.165, 1.54) is 17.4 Å². The van der Waals surface area contributed by atoms with E-state index in [0.29, 0.717) is 6.04 Å². The van der Waals surface area contributed by atoms with Crippen LogP contribution in [0.4, 0.5) is 0 Å². The van der Waals surface area contributed by atoms with E-state index in [4.69, 9.17) is 16.6 Å². The molecule has 0 atom stereocenters. The number of benzene rings is 1. The molecule has 174 valence electrons. The zero-order valence-electron chi connectivity index (χ0n) is 18.7. The average molecular weight is 467 g/mol. The Labute approximate surface area is 199 Å². The standard InChI is InChI=1S/C25H30N4O3S/c30-22(16-26-23(31)21-6-3-13-32-21)28-10-7-25(8-11-28)9-12-29(17-25)24(33)27-20-14-18-4-1-2-5-19(18)15-20/h1-6,13,20H,7-12,14-17H2,(H,26,31)(H,27,33). The van der Waals surface area contributed by atoms with Gasteiger partial charge in [0.25, 0.3) is 5.91 Å². The van der Waals surface area contributed by atoms with Gasteiger partial charge >= 0.3 is 0 Å². The van der Waals surface area contributed by atoms with Crippen molar-refractivity contribution in [2.45, 2.75) is 38.1 Å². The van der Waals surface area contributed by atoms with Gasteiger partial charge in [-0.3, -0.25) is 9.59 Å². The first-order valence-corrected chi connectivity index (χ1v) is 12.1. The molecule has 2 N–H and O–H groups in total. The van der Waals surface area contributed by atoms with Crippen molar-refractivity contribution in [3.63, 3.8) is 0 Å². The number of hydrogen-bond acceptors (Lipinski definition) is 4. The van der Waals surface area contributed by atoms with Crippen molar-refractivity contribution in [3.8, 4) is 0 Å². The maximum absolute atomic E-state index is 12.6. The number of likely N-dealkylation sites (tertiary alicyclic amines) is 2. The first kappa shape index (κ1) is 21.9. The summed E-state index contributed by atoms with van der Waals surface area (Å²) in [6, 6.07) is 12.2. The first-order chi connectivity index (χ1) is 16.0. The smallest absolute Gasteiger partial charge is 0.287 e. The Hall–Kier alpha value is -2.87. The van der Waals surface area contributed by atoms with Gasteiger partial charge in [-0.15, -0.1) is 0 Å². The molecule has 7 nitrogen and oxygen atoms in total. The number of thiocarbonyl (C=S) groups is 1. The van der Waals surface area contributed by atoms with E-state index < -0.39 is 0 Å². The fraction of sp³-hybridized carbons (Fsp3) is 0.480. The van der Waals surface area contributed by atoms with Crippen molar-refractivity contribution < 1.29 is 14.0 Å². The molecule has 2 amide bonds. The van der Waals surface area contributed by atoms with E-state index in [0.717, 1.165) is 63.4 Å². The number of furan rings is 1. The highest BCUT2D eigenvalue weighted by Crippen LogP contribution is 2.40. The molecule has 2 fully saturated rings. The SMILES string of the molecule is O=C(NCC(=O)N1CCC2(CC1)CCN(C(=S)NC1Cc3ccccc3C1)C2)c1ccco1. The minimum atomic E-state index is -0.361. The second-order valence-corrected chi connectivity index (χ2v) is 9.92. The lowest BCUT2D eigenvalue weighted by molar-refractivity contribution is -0.132. The van der Waals surface area contributed by atoms with Crippen LogP contribution in [0.2, 0.25) is 0 Å². The van der Waals surface area contributed by atoms with Gasteiger partial charge in [-0.2, -0.15) is 0 Å². The number of carbonyl (C=O) groups excluding carboxylic acids is 2. The van der Waals surface area contributed by atoms with E-state index in [9.17, 15) is 9.59 Å². The maximum atomic E-state index is 12.6. The molecule has 1 spiro atoms. The predicted molar refractivity (Wildman–Crippen MR) is 129 cm³/mol. The van der Waals surface area contributed by atoms with Gasteiger partial charge in [0.2, 0.25) is 5.91 Å². The summed E-state index contributed by atoms with van der Waals surface area (Å²) in [7, 11) is 0. The van der Waals surface area contributed by atoms with Gasteiger partial charge in [-0.25, -0.2) is 0 Å². The number of fused-ring (bicyclic) bond motifs is 1. The number of amides is 2. The molecule has 33 heavy (non-hydrogen) atoms. The topological polar surface area (TPSA) is 77.8 Å². The summed E-state index contributed by atoms with van der Waals surface area (Å²) in [5.74, 6) is -0.185. The lowest BCUT2D eigenvalue weighted by Crippen LogP contribution is -2.49. The minimum absolute atomic E-state index is 0.00353. The second kappa shape index (κ2) is 9.17. The Kier molecular flexibility index (Phi) is 6.10. The van der Waals surface area contributed by atoms with Crippen LogP contribution >= 0.6 is 12.2 Å². The average Bonchev–Trinajstić information content (AvgIpc) is 3.57. The van der Waals surface area contributed by atoms with E-state index in [1.807, 2.05) is 4.90 Å². The Balaban J connectivity index is 1.07. The van der Waals surface area contributed by atoms with Crippen LogP contribution in [0, 0.1) is 5.41 Å². The van der Waals surface area contributed by atoms with E-state index >= 15 is 0 Å². The second-order valence-electron chi connectivity index (χ2n) is 9.54. The number of nitrogens with one attached hydrogen (secondary N) is 2. The van der Waals surface area contributed by atoms with Gasteiger partial charge in [0.05, 0.1) is 12.8 Å². The fourth-order valence-corrected chi connectivity index (χ4v) is 5.76. The van der Waals surface area contributed by atoms with E-state index in [1.54, 1.807) is 12.1 Å². The van der Waals surface area contributed by atoms with Crippen molar-refractivity contribution in [1.82, 2.24) is 20.4 Å². The molecular weight excluding hydrogens is 436 g/mol. The lowest BCUT2D eigenvalue weighted by atomic mass is 9.78. The zero-order valence-corrected chi connectivity index (χ0v) is 19.5. The highest BCUT2D eigenvalue weighted by Gasteiger charge is 2.42. The molecular formula is C25H30N4O3S. The van der Waals surface area contributed by atoms with E-state index in [-0.39, 0.29) is 29.5 Å². The normalized spacial score (nSPS) is 19.5. The summed E-state index contributed by atoms with van der Waals surface area (Å²) >= 11 is 5.77. The van der Waals surface area contributed by atoms with Gasteiger partial charge in [0.1, 0.15) is 0 Å². The van der Waals surface area contributed by atoms with Gasteiger partial charge in [0, 0.05) is 32.2 Å². The molecule has 2 aromatic rings. The molecule has 0 unspecified atom stereocenters. The number of nitrogens with zero attached hydrogens (tertiary/aromatic N) is 2. The van der Waals surface area contributed by atoms with Crippen LogP contribution in [0.5, 0.6) is 0 Å². The van der Waals surface area contributed by atoms with Crippen LogP contribution in [0.15, 0.2) is 47.1 Å². The Morgan fingerprint density at radius 1 is 1.00 bits per heavy atom. The zero-order chi connectivity index (χ0) is 22.8. The Morgan fingerprint density at radius 3 is 2.30 bits per heavy atom. The lowest BCUT2D eigenvalue weighted by Gasteiger charge is -2.39. The van der Waals surface area contributed by atoms with Crippen LogP contribution in [0.25, 0.3) is 0 Å². The van der Waals surface area contributed by atoms with Gasteiger partial charge in [-0.05, 0) is 73.0 Å². The fourth-order valence-electron chi connectivity index (χ4n) is 5.44. The van der Waals surface area contributed by atoms with Crippen LogP contribution < -0.4 is 10.6 Å². The van der Waals surface area contributed by atoms with Gasteiger partial charge in [-0.1, -0.05) is 24.3 Å². The van der Waals surface area contributed by atoms with E-state index in [2.05, 4.69) is 39.8 Å². The molecule has 5 rings (SSSR count). The quantitative estimate of drug-likeness (QED) is 0.674. The number of hydrogen-bond donors (Lipinski definition) is 2. The number of rotatable bonds is 4. The van der Waals surface area contributed by atoms with Crippen molar-refractivity contribution in [1.29, 1.82) is 0 Å². The molecule has 2 saturated heterocycles. The molecule has 0 bridgehead atoms. The highest BCUT2D eigenvalue weighted by molar-refractivity contribution is 7.80. The molecule has 8 heteroatoms. The molecule has 1 aromatic heterocycles. The summed E-state index contributed by atoms with van der Waals surface area (Å²) in [4.78, 5) is 28.7. The summed E-state index contributed by atoms with van der Waals surface area (Å²) in [6.45, 7) is 3.37. The maximum Gasteiger partial charge on any atom is 0.287 e. The Bertz CT molecular complexity index is 1010. The molecule has 1 aliphatic carbocycles. The van der Waals surface area contributed by atoms with Crippen LogP contribution in [-0.4, -0.2) is 65.5 Å². The molecule has 1 aromatic carbocycles. The molecule has 3 aliphatic rings. The molecule has 0 saturated carbocycles. The third-order valence-electron chi connectivity index (χ3n) is 7.43. The van der Waals surface area contributed by atoms with Crippen molar-refractivity contribution in [2.24, 2.45) is 5.41 Å². The number of carbonyl (C=O) groups is 2.